The van der Waals surface area contributed by atoms with E-state index in [1.165, 1.54) is 12.8 Å². The molecule has 1 aliphatic carbocycles. The molecule has 0 radical (unpaired) electrons. The minimum atomic E-state index is 0.224. The predicted molar refractivity (Wildman–Crippen MR) is 55.9 cm³/mol. The van der Waals surface area contributed by atoms with Crippen LogP contribution >= 0.6 is 0 Å². The van der Waals surface area contributed by atoms with Gasteiger partial charge >= 0.3 is 0 Å². The van der Waals surface area contributed by atoms with Gasteiger partial charge in [0.1, 0.15) is 0 Å². The highest BCUT2D eigenvalue weighted by Crippen LogP contribution is 2.33. The summed E-state index contributed by atoms with van der Waals surface area (Å²) in [5.41, 5.74) is 0. The lowest BCUT2D eigenvalue weighted by atomic mass is 9.99. The van der Waals surface area contributed by atoms with Crippen molar-refractivity contribution in [2.45, 2.75) is 38.6 Å². The fourth-order valence-corrected chi connectivity index (χ4v) is 2.25. The van der Waals surface area contributed by atoms with E-state index in [1.807, 2.05) is 0 Å². The monoisotopic (exact) mass is 196 g/mol. The van der Waals surface area contributed by atoms with Crippen LogP contribution in [0.2, 0.25) is 0 Å². The lowest BCUT2D eigenvalue weighted by Gasteiger charge is -2.21. The zero-order chi connectivity index (χ0) is 9.97. The molecule has 14 heavy (non-hydrogen) atoms. The van der Waals surface area contributed by atoms with Crippen molar-refractivity contribution in [2.24, 2.45) is 11.8 Å². The van der Waals surface area contributed by atoms with E-state index in [2.05, 4.69) is 17.6 Å². The fourth-order valence-electron chi connectivity index (χ4n) is 2.25. The quantitative estimate of drug-likeness (QED) is 0.704. The second-order valence-corrected chi connectivity index (χ2v) is 4.56. The van der Waals surface area contributed by atoms with Gasteiger partial charge in [-0.25, -0.2) is 0 Å². The molecule has 2 rings (SSSR count). The standard InChI is InChI=1S/C11H20N2O/c1-2-8-6-10(8)13-11(14)9-4-3-5-12-7-9/h8-10,12H,2-7H2,1H3,(H,13,14)/t8?,9-,10?/m0/s1. The maximum Gasteiger partial charge on any atom is 0.224 e. The minimum absolute atomic E-state index is 0.224. The Hall–Kier alpha value is -0.570. The van der Waals surface area contributed by atoms with Crippen LogP contribution in [0.3, 0.4) is 0 Å². The van der Waals surface area contributed by atoms with E-state index >= 15 is 0 Å². The fraction of sp³-hybridized carbons (Fsp3) is 0.909. The third-order valence-corrected chi connectivity index (χ3v) is 3.44. The van der Waals surface area contributed by atoms with Crippen LogP contribution < -0.4 is 10.6 Å². The molecule has 2 fully saturated rings. The van der Waals surface area contributed by atoms with E-state index in [0.29, 0.717) is 6.04 Å². The van der Waals surface area contributed by atoms with Crippen LogP contribution in [0.1, 0.15) is 32.6 Å². The Morgan fingerprint density at radius 3 is 3.00 bits per heavy atom. The van der Waals surface area contributed by atoms with Crippen molar-refractivity contribution in [1.82, 2.24) is 10.6 Å². The van der Waals surface area contributed by atoms with Gasteiger partial charge in [-0.2, -0.15) is 0 Å². The van der Waals surface area contributed by atoms with Gasteiger partial charge in [-0.1, -0.05) is 13.3 Å². The van der Waals surface area contributed by atoms with Crippen molar-refractivity contribution in [1.29, 1.82) is 0 Å². The first-order chi connectivity index (χ1) is 6.81. The highest BCUT2D eigenvalue weighted by Gasteiger charge is 2.37. The Morgan fingerprint density at radius 2 is 2.43 bits per heavy atom. The SMILES string of the molecule is CCC1CC1NC(=O)[C@H]1CCCNC1. The predicted octanol–water partition coefficient (Wildman–Crippen LogP) is 0.901. The van der Waals surface area contributed by atoms with Crippen LogP contribution in [0.25, 0.3) is 0 Å². The van der Waals surface area contributed by atoms with E-state index in [9.17, 15) is 4.79 Å². The van der Waals surface area contributed by atoms with Crippen LogP contribution in [-0.2, 0) is 4.79 Å². The number of amides is 1. The minimum Gasteiger partial charge on any atom is -0.353 e. The first kappa shape index (κ1) is 9.97. The van der Waals surface area contributed by atoms with E-state index in [-0.39, 0.29) is 11.8 Å². The number of carbonyl (C=O) groups is 1. The summed E-state index contributed by atoms with van der Waals surface area (Å²) < 4.78 is 0. The van der Waals surface area contributed by atoms with Crippen molar-refractivity contribution in [3.63, 3.8) is 0 Å². The van der Waals surface area contributed by atoms with Gasteiger partial charge in [0, 0.05) is 12.6 Å². The molecule has 3 heteroatoms. The molecule has 2 aliphatic rings. The Bertz CT molecular complexity index is 211. The van der Waals surface area contributed by atoms with Gasteiger partial charge < -0.3 is 10.6 Å². The molecule has 2 unspecified atom stereocenters. The summed E-state index contributed by atoms with van der Waals surface area (Å²) in [7, 11) is 0. The largest absolute Gasteiger partial charge is 0.353 e. The molecule has 3 nitrogen and oxygen atoms in total. The molecule has 0 aromatic heterocycles. The van der Waals surface area contributed by atoms with Crippen molar-refractivity contribution in [3.05, 3.63) is 0 Å². The molecule has 0 aromatic carbocycles. The Kier molecular flexibility index (Phi) is 3.06. The molecule has 1 saturated carbocycles. The van der Waals surface area contributed by atoms with Crippen molar-refractivity contribution < 1.29 is 4.79 Å². The second-order valence-electron chi connectivity index (χ2n) is 4.56. The molecule has 2 N–H and O–H groups in total. The molecule has 3 atom stereocenters. The van der Waals surface area contributed by atoms with Crippen molar-refractivity contribution >= 4 is 5.91 Å². The molecule has 1 saturated heterocycles. The lowest BCUT2D eigenvalue weighted by molar-refractivity contribution is -0.125. The summed E-state index contributed by atoms with van der Waals surface area (Å²) in [5.74, 6) is 1.26. The van der Waals surface area contributed by atoms with Gasteiger partial charge in [0.25, 0.3) is 0 Å². The number of hydrogen-bond acceptors (Lipinski definition) is 2. The molecule has 80 valence electrons. The van der Waals surface area contributed by atoms with Gasteiger partial charge in [-0.05, 0) is 31.7 Å². The number of piperidine rings is 1. The van der Waals surface area contributed by atoms with Crippen LogP contribution in [0.15, 0.2) is 0 Å². The Labute approximate surface area is 85.6 Å². The van der Waals surface area contributed by atoms with Crippen molar-refractivity contribution in [3.8, 4) is 0 Å². The van der Waals surface area contributed by atoms with Crippen LogP contribution in [0.5, 0.6) is 0 Å². The molecular formula is C11H20N2O. The van der Waals surface area contributed by atoms with Gasteiger partial charge in [-0.15, -0.1) is 0 Å². The topological polar surface area (TPSA) is 41.1 Å². The van der Waals surface area contributed by atoms with Gasteiger partial charge in [0.05, 0.1) is 5.92 Å². The van der Waals surface area contributed by atoms with E-state index in [0.717, 1.165) is 31.8 Å². The Morgan fingerprint density at radius 1 is 1.57 bits per heavy atom. The highest BCUT2D eigenvalue weighted by molar-refractivity contribution is 5.79. The third kappa shape index (κ3) is 2.27. The number of rotatable bonds is 3. The summed E-state index contributed by atoms with van der Waals surface area (Å²) in [4.78, 5) is 11.8. The molecule has 0 spiro atoms. The zero-order valence-corrected chi connectivity index (χ0v) is 8.88. The first-order valence-electron chi connectivity index (χ1n) is 5.82. The molecule has 0 bridgehead atoms. The Balaban J connectivity index is 1.72. The molecule has 1 amide bonds. The molecule has 1 aliphatic heterocycles. The van der Waals surface area contributed by atoms with E-state index < -0.39 is 0 Å². The normalized spacial score (nSPS) is 36.5. The van der Waals surface area contributed by atoms with Crippen LogP contribution in [-0.4, -0.2) is 25.0 Å². The molecule has 0 aromatic rings. The van der Waals surface area contributed by atoms with Gasteiger partial charge in [-0.3, -0.25) is 4.79 Å². The van der Waals surface area contributed by atoms with E-state index in [1.54, 1.807) is 0 Å². The molecule has 1 heterocycles. The average molecular weight is 196 g/mol. The van der Waals surface area contributed by atoms with E-state index in [4.69, 9.17) is 0 Å². The van der Waals surface area contributed by atoms with Gasteiger partial charge in [0.2, 0.25) is 5.91 Å². The third-order valence-electron chi connectivity index (χ3n) is 3.44. The summed E-state index contributed by atoms with van der Waals surface area (Å²) in [6, 6.07) is 0.495. The smallest absolute Gasteiger partial charge is 0.224 e. The maximum absolute atomic E-state index is 11.8. The second kappa shape index (κ2) is 4.30. The van der Waals surface area contributed by atoms with Crippen LogP contribution in [0, 0.1) is 11.8 Å². The number of nitrogens with one attached hydrogen (secondary N) is 2. The van der Waals surface area contributed by atoms with Crippen LogP contribution in [0.4, 0.5) is 0 Å². The summed E-state index contributed by atoms with van der Waals surface area (Å²) in [5, 5.41) is 6.42. The van der Waals surface area contributed by atoms with Crippen molar-refractivity contribution in [2.75, 3.05) is 13.1 Å². The summed E-state index contributed by atoms with van der Waals surface area (Å²) in [6.45, 7) is 4.14. The maximum atomic E-state index is 11.8. The molecular weight excluding hydrogens is 176 g/mol. The average Bonchev–Trinajstić information content (AvgIpc) is 2.98. The summed E-state index contributed by atoms with van der Waals surface area (Å²) in [6.07, 6.45) is 4.60. The zero-order valence-electron chi connectivity index (χ0n) is 8.88. The van der Waals surface area contributed by atoms with Gasteiger partial charge in [0.15, 0.2) is 0 Å². The highest BCUT2D eigenvalue weighted by atomic mass is 16.2. The summed E-state index contributed by atoms with van der Waals surface area (Å²) >= 11 is 0. The number of hydrogen-bond donors (Lipinski definition) is 2. The first-order valence-corrected chi connectivity index (χ1v) is 5.82. The number of carbonyl (C=O) groups excluding carboxylic acids is 1. The lowest BCUT2D eigenvalue weighted by Crippen LogP contribution is -2.41.